The molecule has 6 nitrogen and oxygen atoms in total. The molecule has 0 aromatic rings. The van der Waals surface area contributed by atoms with E-state index in [9.17, 15) is 29.3 Å². The molecule has 8 heteroatoms. The van der Waals surface area contributed by atoms with E-state index >= 15 is 0 Å². The van der Waals surface area contributed by atoms with Crippen LogP contribution in [0.3, 0.4) is 0 Å². The molecule has 0 aromatic heterocycles. The molecule has 0 fully saturated rings. The fourth-order valence-electron chi connectivity index (χ4n) is 4.27. The van der Waals surface area contributed by atoms with Crippen LogP contribution in [0.25, 0.3) is 0 Å². The van der Waals surface area contributed by atoms with E-state index in [1.54, 1.807) is 0 Å². The fourth-order valence-corrected chi connectivity index (χ4v) is 4.83. The van der Waals surface area contributed by atoms with Gasteiger partial charge in [-0.25, -0.2) is 0 Å². The van der Waals surface area contributed by atoms with Gasteiger partial charge in [0.2, 0.25) is 0 Å². The fraction of sp³-hybridized carbons (Fsp3) is 0.765. The van der Waals surface area contributed by atoms with Crippen LogP contribution in [0.15, 0.2) is 36.5 Å². The summed E-state index contributed by atoms with van der Waals surface area (Å²) in [5, 5.41) is 20.8. The van der Waals surface area contributed by atoms with Crippen LogP contribution >= 0.6 is 8.03 Å². The molecule has 0 amide bonds. The van der Waals surface area contributed by atoms with Gasteiger partial charge in [0.15, 0.2) is 5.66 Å². The molecule has 0 aliphatic carbocycles. The van der Waals surface area contributed by atoms with Crippen molar-refractivity contribution in [2.75, 3.05) is 0 Å². The van der Waals surface area contributed by atoms with Crippen LogP contribution in [0.4, 0.5) is 0 Å². The van der Waals surface area contributed by atoms with Gasteiger partial charge in [-0.3, -0.25) is 0 Å². The van der Waals surface area contributed by atoms with Crippen molar-refractivity contribution in [2.45, 2.75) is 167 Å². The number of aliphatic carboxylic acids is 2. The van der Waals surface area contributed by atoms with Gasteiger partial charge in [-0.05, 0) is 83.5 Å². The molecule has 0 heterocycles. The maximum Gasteiger partial charge on any atom is 2.00 e. The molecule has 0 saturated carbocycles. The van der Waals surface area contributed by atoms with Gasteiger partial charge in [-0.1, -0.05) is 119 Å². The van der Waals surface area contributed by atoms with Crippen molar-refractivity contribution in [3.8, 4) is 0 Å². The molecule has 0 rings (SSSR count). The summed E-state index contributed by atoms with van der Waals surface area (Å²) in [7, 11) is -2.92. The van der Waals surface area contributed by atoms with Crippen LogP contribution < -0.4 is 15.1 Å². The first-order valence-electron chi connectivity index (χ1n) is 16.4. The van der Waals surface area contributed by atoms with E-state index in [1.165, 1.54) is 77.0 Å². The van der Waals surface area contributed by atoms with Crippen molar-refractivity contribution >= 4 is 43.0 Å². The summed E-state index contributed by atoms with van der Waals surface area (Å²) in [6.07, 6.45) is 37.5. The molecule has 2 atom stereocenters. The predicted molar refractivity (Wildman–Crippen MR) is 172 cm³/mol. The molecular formula is C34H59MgO6P. The maximum atomic E-state index is 10.7. The van der Waals surface area contributed by atoms with Gasteiger partial charge < -0.3 is 24.7 Å². The smallest absolute Gasteiger partial charge is 0.595 e. The van der Waals surface area contributed by atoms with Crippen LogP contribution in [0.1, 0.15) is 162 Å². The van der Waals surface area contributed by atoms with E-state index in [4.69, 9.17) is 0 Å². The number of unbranched alkanes of at least 4 members (excludes halogenated alkanes) is 16. The number of hydrogen-bond acceptors (Lipinski definition) is 6. The van der Waals surface area contributed by atoms with Crippen LogP contribution in [0.2, 0.25) is 0 Å². The Balaban J connectivity index is -0.000000728. The zero-order chi connectivity index (χ0) is 30.8. The Kier molecular flexibility index (Phi) is 41.1. The number of carbonyl (C=O) groups is 2. The normalized spacial score (nSPS) is 12.3. The van der Waals surface area contributed by atoms with Gasteiger partial charge in [-0.15, -0.1) is 0 Å². The summed E-state index contributed by atoms with van der Waals surface area (Å²) >= 11 is 0. The topological polar surface area (TPSA) is 120 Å². The van der Waals surface area contributed by atoms with Crippen LogP contribution in [0, 0.1) is 0 Å². The van der Waals surface area contributed by atoms with E-state index in [0.29, 0.717) is 6.42 Å². The largest absolute Gasteiger partial charge is 2.00 e. The number of allylic oxidation sites excluding steroid dienone is 6. The first kappa shape index (κ1) is 45.4. The summed E-state index contributed by atoms with van der Waals surface area (Å²) in [5.41, 5.74) is -1.32. The Bertz CT molecular complexity index is 694. The monoisotopic (exact) mass is 618 g/mol. The summed E-state index contributed by atoms with van der Waals surface area (Å²) in [6.45, 7) is 4.45. The van der Waals surface area contributed by atoms with Crippen molar-refractivity contribution in [1.82, 2.24) is 0 Å². The zero-order valence-electron chi connectivity index (χ0n) is 26.9. The van der Waals surface area contributed by atoms with Crippen molar-refractivity contribution in [3.63, 3.8) is 0 Å². The van der Waals surface area contributed by atoms with Gasteiger partial charge in [0.05, 0.1) is 5.97 Å². The molecule has 0 aliphatic heterocycles. The molecular weight excluding hydrogens is 560 g/mol. The second-order valence-corrected chi connectivity index (χ2v) is 12.0. The van der Waals surface area contributed by atoms with Crippen LogP contribution in [-0.2, 0) is 14.2 Å². The maximum absolute atomic E-state index is 10.7. The minimum absolute atomic E-state index is 0. The molecule has 42 heavy (non-hydrogen) atoms. The van der Waals surface area contributed by atoms with Crippen molar-refractivity contribution < 1.29 is 29.3 Å². The number of carbonyl (C=O) groups excluding carboxylic acids is 2. The standard InChI is InChI=1S/C18H31O4P.C16H30O2.Mg/c1-2-3-4-5-6-7-8-9-10-11-12-13-14-15-16-17(18(19)20)23(21)22;1-2-3-4-5-6-7-8-9-10-11-12-13-14-15-16(17)18;/h6-7,9-10,17H,2-5,8,11-16H2,1H3,(H,19,20);7-8H,2-6,9-15H2,1H3,(H,17,18);/q;;+2/p-2/b7-6-,10-9-;8-7-;. The van der Waals surface area contributed by atoms with Gasteiger partial charge in [0.25, 0.3) is 0 Å². The summed E-state index contributed by atoms with van der Waals surface area (Å²) in [6, 6.07) is 0. The molecule has 238 valence electrons. The van der Waals surface area contributed by atoms with E-state index in [0.717, 1.165) is 51.4 Å². The Morgan fingerprint density at radius 1 is 0.595 bits per heavy atom. The van der Waals surface area contributed by atoms with Crippen molar-refractivity contribution in [2.24, 2.45) is 0 Å². The van der Waals surface area contributed by atoms with E-state index in [1.807, 2.05) is 0 Å². The quantitative estimate of drug-likeness (QED) is 0.0394. The number of hydrogen-bond donors (Lipinski definition) is 0. The van der Waals surface area contributed by atoms with Crippen LogP contribution in [0.5, 0.6) is 0 Å². The average molecular weight is 619 g/mol. The Hall–Kier alpha value is -1.01. The second-order valence-electron chi connectivity index (χ2n) is 10.8. The van der Waals surface area contributed by atoms with Gasteiger partial charge >= 0.3 is 31.1 Å². The minimum atomic E-state index is -2.92. The average Bonchev–Trinajstić information content (AvgIpc) is 2.93. The number of rotatable bonds is 28. The summed E-state index contributed by atoms with van der Waals surface area (Å²) in [5.74, 6) is -2.40. The second kappa shape index (κ2) is 38.0. The third-order valence-electron chi connectivity index (χ3n) is 6.85. The molecule has 0 aliphatic rings. The van der Waals surface area contributed by atoms with Gasteiger partial charge in [0, 0.05) is 5.97 Å². The predicted octanol–water partition coefficient (Wildman–Crippen LogP) is 7.24. The molecule has 2 unspecified atom stereocenters. The SMILES string of the molecule is CCCCC/C=C\C/C=C\CCCCCCC(C(=O)[O-])[P+](=O)[O-].CCCCCC/C=C\CCCCCCCC(=O)[O-].[Mg+2]. The van der Waals surface area contributed by atoms with Crippen LogP contribution in [-0.4, -0.2) is 40.7 Å². The molecule has 0 aromatic carbocycles. The minimum Gasteiger partial charge on any atom is -0.595 e. The summed E-state index contributed by atoms with van der Waals surface area (Å²) in [4.78, 5) is 31.5. The number of carboxylic acids is 2. The van der Waals surface area contributed by atoms with Gasteiger partial charge in [-0.2, -0.15) is 0 Å². The Labute approximate surface area is 274 Å². The Morgan fingerprint density at radius 2 is 0.976 bits per heavy atom. The van der Waals surface area contributed by atoms with Gasteiger partial charge in [0.1, 0.15) is 0 Å². The first-order valence-corrected chi connectivity index (χ1v) is 17.6. The third-order valence-corrected chi connectivity index (χ3v) is 7.83. The molecule has 0 saturated heterocycles. The third kappa shape index (κ3) is 39.0. The first-order chi connectivity index (χ1) is 19.9. The molecule has 0 spiro atoms. The molecule has 0 N–H and O–H groups in total. The summed E-state index contributed by atoms with van der Waals surface area (Å²) < 4.78 is 10.7. The Morgan fingerprint density at radius 3 is 1.43 bits per heavy atom. The zero-order valence-corrected chi connectivity index (χ0v) is 29.2. The van der Waals surface area contributed by atoms with Crippen molar-refractivity contribution in [1.29, 1.82) is 0 Å². The van der Waals surface area contributed by atoms with E-state index < -0.39 is 25.6 Å². The van der Waals surface area contributed by atoms with E-state index in [-0.39, 0.29) is 35.9 Å². The van der Waals surface area contributed by atoms with Crippen molar-refractivity contribution in [3.05, 3.63) is 36.5 Å². The molecule has 0 radical (unpaired) electrons. The molecule has 0 bridgehead atoms. The van der Waals surface area contributed by atoms with E-state index in [2.05, 4.69) is 50.3 Å². The number of carboxylic acid groups (broad SMARTS) is 2.